The molecule has 0 saturated heterocycles. The molecule has 0 radical (unpaired) electrons. The maximum atomic E-state index is 12.1. The summed E-state index contributed by atoms with van der Waals surface area (Å²) in [5.74, 6) is -0.598. The number of ether oxygens (including phenoxy) is 2. The lowest BCUT2D eigenvalue weighted by molar-refractivity contribution is -0.161. The number of aliphatic hydroxyl groups is 1. The lowest BCUT2D eigenvalue weighted by Gasteiger charge is -2.15. The summed E-state index contributed by atoms with van der Waals surface area (Å²) < 4.78 is 10.6. The van der Waals surface area contributed by atoms with Crippen LogP contribution in [0.3, 0.4) is 0 Å². The molecule has 49 heavy (non-hydrogen) atoms. The number of carbonyl (C=O) groups excluding carboxylic acids is 2. The average molecular weight is 691 g/mol. The maximum absolute atomic E-state index is 12.1. The van der Waals surface area contributed by atoms with Gasteiger partial charge in [-0.1, -0.05) is 199 Å². The molecule has 0 saturated carbocycles. The topological polar surface area (TPSA) is 72.8 Å². The summed E-state index contributed by atoms with van der Waals surface area (Å²) in [7, 11) is 0. The van der Waals surface area contributed by atoms with Gasteiger partial charge in [-0.15, -0.1) is 0 Å². The molecule has 5 nitrogen and oxygen atoms in total. The number of hydrogen-bond donors (Lipinski definition) is 1. The Morgan fingerprint density at radius 3 is 1.29 bits per heavy atom. The Hall–Kier alpha value is -1.62. The molecule has 0 heterocycles. The van der Waals surface area contributed by atoms with Gasteiger partial charge in [0.1, 0.15) is 6.61 Å². The Bertz CT molecular complexity index is 746. The van der Waals surface area contributed by atoms with Crippen molar-refractivity contribution in [3.8, 4) is 0 Å². The minimum Gasteiger partial charge on any atom is -0.462 e. The molecular formula is C44H82O5. The number of esters is 2. The molecule has 1 atom stereocenters. The summed E-state index contributed by atoms with van der Waals surface area (Å²) in [4.78, 5) is 24.3. The van der Waals surface area contributed by atoms with Crippen LogP contribution in [0.5, 0.6) is 0 Å². The van der Waals surface area contributed by atoms with Crippen molar-refractivity contribution in [1.82, 2.24) is 0 Å². The molecule has 0 spiro atoms. The third-order valence-electron chi connectivity index (χ3n) is 9.48. The van der Waals surface area contributed by atoms with Crippen LogP contribution in [0.2, 0.25) is 0 Å². The lowest BCUT2D eigenvalue weighted by Crippen LogP contribution is -2.28. The largest absolute Gasteiger partial charge is 0.462 e. The SMILES string of the molecule is CCC/C=C\C/C=C\CCCCCCCC(=O)OC(CO)COC(=O)CCCCCCCCCCCCCCCCCCCCCCCC. The van der Waals surface area contributed by atoms with Gasteiger partial charge in [-0.2, -0.15) is 0 Å². The van der Waals surface area contributed by atoms with Gasteiger partial charge in [-0.3, -0.25) is 9.59 Å². The number of unbranched alkanes of at least 4 members (excludes halogenated alkanes) is 27. The Morgan fingerprint density at radius 2 is 0.857 bits per heavy atom. The van der Waals surface area contributed by atoms with Crippen LogP contribution in [-0.2, 0) is 19.1 Å². The summed E-state index contributed by atoms with van der Waals surface area (Å²) in [5, 5.41) is 9.56. The predicted octanol–water partition coefficient (Wildman–Crippen LogP) is 13.5. The number of aliphatic hydroxyl groups excluding tert-OH is 1. The number of hydrogen-bond acceptors (Lipinski definition) is 5. The van der Waals surface area contributed by atoms with E-state index in [9.17, 15) is 14.7 Å². The van der Waals surface area contributed by atoms with Gasteiger partial charge in [0.15, 0.2) is 6.10 Å². The van der Waals surface area contributed by atoms with Crippen molar-refractivity contribution in [2.75, 3.05) is 13.2 Å². The van der Waals surface area contributed by atoms with Crippen molar-refractivity contribution in [1.29, 1.82) is 0 Å². The molecule has 0 aromatic rings. The van der Waals surface area contributed by atoms with Crippen LogP contribution in [0, 0.1) is 0 Å². The molecule has 0 aliphatic carbocycles. The van der Waals surface area contributed by atoms with Gasteiger partial charge in [0.05, 0.1) is 6.61 Å². The van der Waals surface area contributed by atoms with E-state index in [2.05, 4.69) is 38.2 Å². The quantitative estimate of drug-likeness (QED) is 0.0395. The Morgan fingerprint density at radius 1 is 0.469 bits per heavy atom. The molecule has 0 amide bonds. The van der Waals surface area contributed by atoms with Crippen LogP contribution in [0.4, 0.5) is 0 Å². The van der Waals surface area contributed by atoms with Crippen LogP contribution >= 0.6 is 0 Å². The second-order valence-corrected chi connectivity index (χ2v) is 14.4. The third-order valence-corrected chi connectivity index (χ3v) is 9.48. The molecule has 0 fully saturated rings. The average Bonchev–Trinajstić information content (AvgIpc) is 3.10. The Balaban J connectivity index is 3.47. The van der Waals surface area contributed by atoms with Gasteiger partial charge in [0, 0.05) is 12.8 Å². The van der Waals surface area contributed by atoms with Crippen LogP contribution < -0.4 is 0 Å². The van der Waals surface area contributed by atoms with E-state index in [0.29, 0.717) is 12.8 Å². The number of rotatable bonds is 39. The van der Waals surface area contributed by atoms with E-state index >= 15 is 0 Å². The standard InChI is InChI=1S/C44H82O5/c1-3-5-7-9-11-13-15-17-18-19-20-21-22-23-24-25-27-28-30-32-34-36-38-43(46)48-41-42(40-45)49-44(47)39-37-35-33-31-29-26-16-14-12-10-8-6-4-2/h8,10,14,16,42,45H,3-7,9,11-13,15,17-41H2,1-2H3/b10-8-,16-14-. The van der Waals surface area contributed by atoms with Crippen LogP contribution in [0.15, 0.2) is 24.3 Å². The Labute approximate surface area is 304 Å². The summed E-state index contributed by atoms with van der Waals surface area (Å²) in [6, 6.07) is 0. The van der Waals surface area contributed by atoms with Crippen molar-refractivity contribution in [3.63, 3.8) is 0 Å². The highest BCUT2D eigenvalue weighted by molar-refractivity contribution is 5.70. The van der Waals surface area contributed by atoms with E-state index in [-0.39, 0.29) is 25.2 Å². The zero-order chi connectivity index (χ0) is 35.7. The first kappa shape index (κ1) is 47.4. The van der Waals surface area contributed by atoms with Gasteiger partial charge >= 0.3 is 11.9 Å². The summed E-state index contributed by atoms with van der Waals surface area (Å²) in [6.07, 6.45) is 48.3. The first-order valence-electron chi connectivity index (χ1n) is 21.4. The summed E-state index contributed by atoms with van der Waals surface area (Å²) >= 11 is 0. The minimum absolute atomic E-state index is 0.0672. The van der Waals surface area contributed by atoms with E-state index in [1.165, 1.54) is 141 Å². The molecular weight excluding hydrogens is 608 g/mol. The van der Waals surface area contributed by atoms with Crippen molar-refractivity contribution < 1.29 is 24.2 Å². The van der Waals surface area contributed by atoms with Crippen LogP contribution in [0.1, 0.15) is 226 Å². The van der Waals surface area contributed by atoms with Gasteiger partial charge in [-0.25, -0.2) is 0 Å². The smallest absolute Gasteiger partial charge is 0.306 e. The first-order chi connectivity index (χ1) is 24.1. The predicted molar refractivity (Wildman–Crippen MR) is 210 cm³/mol. The highest BCUT2D eigenvalue weighted by Crippen LogP contribution is 2.16. The van der Waals surface area contributed by atoms with Crippen molar-refractivity contribution >= 4 is 11.9 Å². The second kappa shape index (κ2) is 40.8. The zero-order valence-electron chi connectivity index (χ0n) is 32.7. The van der Waals surface area contributed by atoms with Gasteiger partial charge in [-0.05, 0) is 38.5 Å². The molecule has 0 bridgehead atoms. The molecule has 0 aliphatic rings. The summed E-state index contributed by atoms with van der Waals surface area (Å²) in [5.41, 5.74) is 0. The fourth-order valence-electron chi connectivity index (χ4n) is 6.24. The molecule has 0 aliphatic heterocycles. The fraction of sp³-hybridized carbons (Fsp3) is 0.864. The van der Waals surface area contributed by atoms with E-state index in [0.717, 1.165) is 57.8 Å². The maximum Gasteiger partial charge on any atom is 0.306 e. The van der Waals surface area contributed by atoms with E-state index in [1.807, 2.05) is 0 Å². The van der Waals surface area contributed by atoms with Gasteiger partial charge < -0.3 is 14.6 Å². The fourth-order valence-corrected chi connectivity index (χ4v) is 6.24. The highest BCUT2D eigenvalue weighted by Gasteiger charge is 2.16. The first-order valence-corrected chi connectivity index (χ1v) is 21.4. The second-order valence-electron chi connectivity index (χ2n) is 14.4. The Kier molecular flexibility index (Phi) is 39.5. The highest BCUT2D eigenvalue weighted by atomic mass is 16.6. The zero-order valence-corrected chi connectivity index (χ0v) is 32.7. The van der Waals surface area contributed by atoms with E-state index < -0.39 is 6.10 Å². The molecule has 1 unspecified atom stereocenters. The van der Waals surface area contributed by atoms with Crippen molar-refractivity contribution in [2.45, 2.75) is 232 Å². The lowest BCUT2D eigenvalue weighted by atomic mass is 10.0. The van der Waals surface area contributed by atoms with Crippen LogP contribution in [-0.4, -0.2) is 36.4 Å². The summed E-state index contributed by atoms with van der Waals surface area (Å²) in [6.45, 7) is 4.08. The molecule has 0 rings (SSSR count). The molecule has 5 heteroatoms. The van der Waals surface area contributed by atoms with Crippen molar-refractivity contribution in [2.24, 2.45) is 0 Å². The molecule has 1 N–H and O–H groups in total. The number of carbonyl (C=O) groups is 2. The normalized spacial score (nSPS) is 12.3. The van der Waals surface area contributed by atoms with Gasteiger partial charge in [0.2, 0.25) is 0 Å². The number of allylic oxidation sites excluding steroid dienone is 4. The molecule has 288 valence electrons. The third kappa shape index (κ3) is 39.0. The molecule has 0 aromatic carbocycles. The van der Waals surface area contributed by atoms with E-state index in [1.54, 1.807) is 0 Å². The van der Waals surface area contributed by atoms with E-state index in [4.69, 9.17) is 9.47 Å². The van der Waals surface area contributed by atoms with Crippen LogP contribution in [0.25, 0.3) is 0 Å². The monoisotopic (exact) mass is 691 g/mol. The van der Waals surface area contributed by atoms with Crippen molar-refractivity contribution in [3.05, 3.63) is 24.3 Å². The minimum atomic E-state index is -0.774. The van der Waals surface area contributed by atoms with Gasteiger partial charge in [0.25, 0.3) is 0 Å². The molecule has 0 aromatic heterocycles.